The Labute approximate surface area is 149 Å². The molecule has 1 nitrogen and oxygen atoms in total. The number of hydrogen-bond donors (Lipinski definition) is 0. The first kappa shape index (κ1) is 19.7. The average molecular weight is 351 g/mol. The lowest BCUT2D eigenvalue weighted by Gasteiger charge is -2.00. The molecule has 0 bridgehead atoms. The Kier molecular flexibility index (Phi) is 10.4. The molecule has 0 saturated heterocycles. The van der Waals surface area contributed by atoms with E-state index in [1.54, 1.807) is 6.92 Å². The second-order valence-electron chi connectivity index (χ2n) is 5.32. The van der Waals surface area contributed by atoms with E-state index in [1.165, 1.54) is 11.1 Å². The van der Waals surface area contributed by atoms with E-state index in [2.05, 4.69) is 24.3 Å². The first-order chi connectivity index (χ1) is 11.2. The topological polar surface area (TPSA) is 17.1 Å². The van der Waals surface area contributed by atoms with E-state index in [9.17, 15) is 4.79 Å². The molecule has 0 saturated carbocycles. The molecule has 0 unspecified atom stereocenters. The minimum atomic E-state index is 0.115. The van der Waals surface area contributed by atoms with Crippen LogP contribution in [0.5, 0.6) is 0 Å². The lowest BCUT2D eigenvalue weighted by Crippen LogP contribution is -1.92. The van der Waals surface area contributed by atoms with Crippen molar-refractivity contribution in [2.45, 2.75) is 32.6 Å². The van der Waals surface area contributed by atoms with Gasteiger partial charge in [0.1, 0.15) is 0 Å². The van der Waals surface area contributed by atoms with Crippen LogP contribution in [0.15, 0.2) is 54.6 Å². The number of rotatable bonds is 7. The molecular weight excluding hydrogens is 327 g/mol. The highest BCUT2D eigenvalue weighted by Crippen LogP contribution is 2.07. The van der Waals surface area contributed by atoms with Gasteiger partial charge in [0, 0.05) is 17.3 Å². The smallest absolute Gasteiger partial charge is 0.159 e. The van der Waals surface area contributed by atoms with E-state index >= 15 is 0 Å². The molecule has 0 radical (unpaired) electrons. The summed E-state index contributed by atoms with van der Waals surface area (Å²) in [5.41, 5.74) is 3.39. The highest BCUT2D eigenvalue weighted by molar-refractivity contribution is 6.18. The van der Waals surface area contributed by atoms with Gasteiger partial charge in [-0.15, -0.1) is 23.2 Å². The molecule has 0 aliphatic carbocycles. The molecule has 124 valence electrons. The van der Waals surface area contributed by atoms with E-state index in [0.29, 0.717) is 5.88 Å². The van der Waals surface area contributed by atoms with Crippen molar-refractivity contribution in [3.8, 4) is 0 Å². The monoisotopic (exact) mass is 350 g/mol. The zero-order valence-electron chi connectivity index (χ0n) is 13.6. The van der Waals surface area contributed by atoms with Crippen molar-refractivity contribution < 1.29 is 4.79 Å². The van der Waals surface area contributed by atoms with E-state index in [1.807, 2.05) is 30.3 Å². The van der Waals surface area contributed by atoms with Crippen molar-refractivity contribution >= 4 is 29.0 Å². The molecule has 0 aromatic heterocycles. The number of benzene rings is 2. The summed E-state index contributed by atoms with van der Waals surface area (Å²) in [6, 6.07) is 18.1. The van der Waals surface area contributed by atoms with Gasteiger partial charge in [0.2, 0.25) is 0 Å². The number of carbonyl (C=O) groups is 1. The summed E-state index contributed by atoms with van der Waals surface area (Å²) in [5, 5.41) is 0. The van der Waals surface area contributed by atoms with E-state index in [0.717, 1.165) is 37.1 Å². The summed E-state index contributed by atoms with van der Waals surface area (Å²) in [6.07, 6.45) is 4.15. The third-order valence-electron chi connectivity index (χ3n) is 3.40. The van der Waals surface area contributed by atoms with Crippen LogP contribution in [0.2, 0.25) is 0 Å². The van der Waals surface area contributed by atoms with E-state index < -0.39 is 0 Å². The SMILES string of the molecule is CC(=O)c1ccc(CCCCl)cc1.ClCCCc1ccccc1. The zero-order valence-corrected chi connectivity index (χ0v) is 15.1. The van der Waals surface area contributed by atoms with Crippen molar-refractivity contribution in [3.05, 3.63) is 71.3 Å². The third-order valence-corrected chi connectivity index (χ3v) is 3.94. The lowest BCUT2D eigenvalue weighted by atomic mass is 10.1. The maximum absolute atomic E-state index is 10.9. The number of aryl methyl sites for hydroxylation is 2. The van der Waals surface area contributed by atoms with E-state index in [-0.39, 0.29) is 5.78 Å². The first-order valence-electron chi connectivity index (χ1n) is 7.93. The normalized spacial score (nSPS) is 9.87. The summed E-state index contributed by atoms with van der Waals surface area (Å²) in [7, 11) is 0. The van der Waals surface area contributed by atoms with Gasteiger partial charge in [0.05, 0.1) is 0 Å². The summed E-state index contributed by atoms with van der Waals surface area (Å²) in [5.74, 6) is 1.56. The van der Waals surface area contributed by atoms with Crippen LogP contribution in [-0.2, 0) is 12.8 Å². The fraction of sp³-hybridized carbons (Fsp3) is 0.350. The molecule has 23 heavy (non-hydrogen) atoms. The van der Waals surface area contributed by atoms with Gasteiger partial charge in [-0.05, 0) is 43.7 Å². The molecule has 3 heteroatoms. The Morgan fingerprint density at radius 2 is 1.26 bits per heavy atom. The molecule has 0 atom stereocenters. The quantitative estimate of drug-likeness (QED) is 0.447. The second kappa shape index (κ2) is 12.2. The van der Waals surface area contributed by atoms with Crippen LogP contribution >= 0.6 is 23.2 Å². The van der Waals surface area contributed by atoms with E-state index in [4.69, 9.17) is 23.2 Å². The predicted octanol–water partition coefficient (Wildman–Crippen LogP) is 5.92. The molecule has 0 N–H and O–H groups in total. The van der Waals surface area contributed by atoms with Gasteiger partial charge < -0.3 is 0 Å². The molecular formula is C20H24Cl2O. The van der Waals surface area contributed by atoms with Gasteiger partial charge in [-0.25, -0.2) is 0 Å². The summed E-state index contributed by atoms with van der Waals surface area (Å²) in [6.45, 7) is 1.58. The predicted molar refractivity (Wildman–Crippen MR) is 101 cm³/mol. The molecule has 0 heterocycles. The van der Waals surface area contributed by atoms with Crippen LogP contribution < -0.4 is 0 Å². The first-order valence-corrected chi connectivity index (χ1v) is 9.00. The van der Waals surface area contributed by atoms with Crippen LogP contribution in [0.3, 0.4) is 0 Å². The van der Waals surface area contributed by atoms with Crippen LogP contribution in [0, 0.1) is 0 Å². The van der Waals surface area contributed by atoms with Crippen molar-refractivity contribution in [1.29, 1.82) is 0 Å². The molecule has 0 spiro atoms. The van der Waals surface area contributed by atoms with Crippen molar-refractivity contribution in [2.24, 2.45) is 0 Å². The van der Waals surface area contributed by atoms with Crippen LogP contribution in [0.1, 0.15) is 41.3 Å². The lowest BCUT2D eigenvalue weighted by molar-refractivity contribution is 0.101. The van der Waals surface area contributed by atoms with Gasteiger partial charge >= 0.3 is 0 Å². The molecule has 0 amide bonds. The maximum Gasteiger partial charge on any atom is 0.159 e. The zero-order chi connectivity index (χ0) is 16.9. The maximum atomic E-state index is 10.9. The number of halogens is 2. The third kappa shape index (κ3) is 8.78. The van der Waals surface area contributed by atoms with Crippen LogP contribution in [-0.4, -0.2) is 17.5 Å². The number of carbonyl (C=O) groups excluding carboxylic acids is 1. The second-order valence-corrected chi connectivity index (χ2v) is 6.08. The number of Topliss-reactive ketones (excluding diaryl/α,β-unsaturated/α-hetero) is 1. The highest BCUT2D eigenvalue weighted by Gasteiger charge is 1.98. The molecule has 2 aromatic carbocycles. The van der Waals surface area contributed by atoms with Gasteiger partial charge in [0.25, 0.3) is 0 Å². The Morgan fingerprint density at radius 1 is 0.783 bits per heavy atom. The average Bonchev–Trinajstić information content (AvgIpc) is 2.60. The molecule has 0 aliphatic heterocycles. The van der Waals surface area contributed by atoms with Crippen molar-refractivity contribution in [3.63, 3.8) is 0 Å². The largest absolute Gasteiger partial charge is 0.295 e. The van der Waals surface area contributed by atoms with Gasteiger partial charge in [-0.3, -0.25) is 4.79 Å². The fourth-order valence-corrected chi connectivity index (χ4v) is 2.36. The number of hydrogen-bond acceptors (Lipinski definition) is 1. The molecule has 2 rings (SSSR count). The highest BCUT2D eigenvalue weighted by atomic mass is 35.5. The minimum absolute atomic E-state index is 0.115. The molecule has 0 fully saturated rings. The van der Waals surface area contributed by atoms with Crippen LogP contribution in [0.4, 0.5) is 0 Å². The molecule has 0 aliphatic rings. The van der Waals surface area contributed by atoms with Gasteiger partial charge in [-0.1, -0.05) is 54.6 Å². The fourth-order valence-electron chi connectivity index (χ4n) is 2.09. The summed E-state index contributed by atoms with van der Waals surface area (Å²) >= 11 is 11.1. The Morgan fingerprint density at radius 3 is 1.70 bits per heavy atom. The Balaban J connectivity index is 0.000000238. The summed E-state index contributed by atoms with van der Waals surface area (Å²) in [4.78, 5) is 10.9. The van der Waals surface area contributed by atoms with Crippen molar-refractivity contribution in [2.75, 3.05) is 11.8 Å². The number of alkyl halides is 2. The standard InChI is InChI=1S/C11H13ClO.C9H11Cl/c1-9(13)11-6-4-10(5-7-11)3-2-8-12;10-8-4-7-9-5-2-1-3-6-9/h4-7H,2-3,8H2,1H3;1-3,5-6H,4,7-8H2. The van der Waals surface area contributed by atoms with Gasteiger partial charge in [0.15, 0.2) is 5.78 Å². The van der Waals surface area contributed by atoms with Crippen LogP contribution in [0.25, 0.3) is 0 Å². The van der Waals surface area contributed by atoms with Crippen molar-refractivity contribution in [1.82, 2.24) is 0 Å². The Bertz CT molecular complexity index is 550. The summed E-state index contributed by atoms with van der Waals surface area (Å²) < 4.78 is 0. The molecule has 2 aromatic rings. The Hall–Kier alpha value is -1.31. The van der Waals surface area contributed by atoms with Gasteiger partial charge in [-0.2, -0.15) is 0 Å². The minimum Gasteiger partial charge on any atom is -0.295 e. The number of ketones is 1.